The van der Waals surface area contributed by atoms with Crippen molar-refractivity contribution in [3.05, 3.63) is 34.7 Å². The lowest BCUT2D eigenvalue weighted by Crippen LogP contribution is -2.38. The molecule has 0 aromatic heterocycles. The van der Waals surface area contributed by atoms with Gasteiger partial charge in [0.05, 0.1) is 18.1 Å². The number of aliphatic imine (C=N–C) groups is 1. The Morgan fingerprint density at radius 1 is 1.21 bits per heavy atom. The van der Waals surface area contributed by atoms with Crippen LogP contribution in [0.15, 0.2) is 34.2 Å². The molecule has 3 rings (SSSR count). The molecule has 2 aliphatic heterocycles. The summed E-state index contributed by atoms with van der Waals surface area (Å²) in [5, 5.41) is 0.631. The third-order valence-corrected chi connectivity index (χ3v) is 4.35. The van der Waals surface area contributed by atoms with E-state index in [1.54, 1.807) is 6.08 Å². The van der Waals surface area contributed by atoms with Crippen LogP contribution in [0.1, 0.15) is 5.56 Å². The molecule has 1 fully saturated rings. The van der Waals surface area contributed by atoms with E-state index in [0.717, 1.165) is 0 Å². The van der Waals surface area contributed by atoms with Crippen LogP contribution in [-0.2, 0) is 9.53 Å². The summed E-state index contributed by atoms with van der Waals surface area (Å²) in [6.45, 7) is 2.53. The van der Waals surface area contributed by atoms with Gasteiger partial charge in [-0.05, 0) is 35.5 Å². The fraction of sp³-hybridized carbons (Fsp3) is 0.333. The number of rotatable bonds is 2. The highest BCUT2D eigenvalue weighted by molar-refractivity contribution is 8.18. The van der Waals surface area contributed by atoms with E-state index in [2.05, 4.69) is 9.73 Å². The van der Waals surface area contributed by atoms with Crippen LogP contribution >= 0.6 is 11.8 Å². The fourth-order valence-corrected chi connectivity index (χ4v) is 3.17. The smallest absolute Gasteiger partial charge is 0.406 e. The van der Waals surface area contributed by atoms with Crippen LogP contribution in [-0.4, -0.2) is 48.6 Å². The second kappa shape index (κ2) is 6.86. The number of carbonyl (C=O) groups excluding carboxylic acids is 1. The predicted octanol–water partition coefficient (Wildman–Crippen LogP) is 2.89. The quantitative estimate of drug-likeness (QED) is 0.761. The third kappa shape index (κ3) is 4.30. The molecular weight excluding hydrogens is 345 g/mol. The monoisotopic (exact) mass is 358 g/mol. The minimum Gasteiger partial charge on any atom is -0.406 e. The molecule has 0 spiro atoms. The number of ether oxygens (including phenoxy) is 2. The van der Waals surface area contributed by atoms with Gasteiger partial charge in [-0.2, -0.15) is 4.99 Å². The topological polar surface area (TPSA) is 51.1 Å². The van der Waals surface area contributed by atoms with Gasteiger partial charge in [0.2, 0.25) is 0 Å². The van der Waals surface area contributed by atoms with Gasteiger partial charge in [-0.15, -0.1) is 13.2 Å². The van der Waals surface area contributed by atoms with Crippen molar-refractivity contribution < 1.29 is 27.4 Å². The van der Waals surface area contributed by atoms with E-state index in [0.29, 0.717) is 41.9 Å². The lowest BCUT2D eigenvalue weighted by Gasteiger charge is -2.27. The average Bonchev–Trinajstić information content (AvgIpc) is 2.90. The van der Waals surface area contributed by atoms with Crippen LogP contribution in [0.5, 0.6) is 5.75 Å². The second-order valence-electron chi connectivity index (χ2n) is 5.03. The number of halogens is 3. The number of thioether (sulfide) groups is 1. The van der Waals surface area contributed by atoms with E-state index in [1.807, 2.05) is 4.90 Å². The Kier molecular flexibility index (Phi) is 4.81. The Morgan fingerprint density at radius 3 is 2.50 bits per heavy atom. The second-order valence-corrected chi connectivity index (χ2v) is 6.04. The molecule has 128 valence electrons. The van der Waals surface area contributed by atoms with Gasteiger partial charge in [-0.1, -0.05) is 12.1 Å². The van der Waals surface area contributed by atoms with E-state index >= 15 is 0 Å². The number of hydrogen-bond acceptors (Lipinski definition) is 5. The standard InChI is InChI=1S/C15H13F3N2O3S/c16-15(17,18)23-11-3-1-10(2-4-11)9-12-13(21)19-14(24-12)20-5-7-22-8-6-20/h1-4,9H,5-8H2. The number of amidine groups is 1. The molecule has 2 aliphatic rings. The normalized spacial score (nSPS) is 20.5. The lowest BCUT2D eigenvalue weighted by molar-refractivity contribution is -0.274. The molecule has 0 atom stereocenters. The van der Waals surface area contributed by atoms with Gasteiger partial charge in [-0.25, -0.2) is 0 Å². The maximum atomic E-state index is 12.1. The number of hydrogen-bond donors (Lipinski definition) is 0. The minimum absolute atomic E-state index is 0.305. The molecule has 1 amide bonds. The Morgan fingerprint density at radius 2 is 1.88 bits per heavy atom. The molecule has 2 heterocycles. The zero-order chi connectivity index (χ0) is 17.2. The van der Waals surface area contributed by atoms with E-state index in [4.69, 9.17) is 4.74 Å². The molecule has 1 aromatic carbocycles. The maximum Gasteiger partial charge on any atom is 0.573 e. The van der Waals surface area contributed by atoms with Crippen molar-refractivity contribution in [1.29, 1.82) is 0 Å². The summed E-state index contributed by atoms with van der Waals surface area (Å²) in [4.78, 5) is 18.4. The summed E-state index contributed by atoms with van der Waals surface area (Å²) < 4.78 is 45.5. The van der Waals surface area contributed by atoms with E-state index < -0.39 is 6.36 Å². The van der Waals surface area contributed by atoms with Gasteiger partial charge >= 0.3 is 6.36 Å². The zero-order valence-corrected chi connectivity index (χ0v) is 13.2. The van der Waals surface area contributed by atoms with Gasteiger partial charge in [0.15, 0.2) is 5.17 Å². The van der Waals surface area contributed by atoms with Gasteiger partial charge in [0, 0.05) is 13.1 Å². The summed E-state index contributed by atoms with van der Waals surface area (Å²) in [7, 11) is 0. The molecule has 0 N–H and O–H groups in total. The summed E-state index contributed by atoms with van der Waals surface area (Å²) in [5.41, 5.74) is 0.596. The van der Waals surface area contributed by atoms with Crippen LogP contribution < -0.4 is 4.74 Å². The predicted molar refractivity (Wildman–Crippen MR) is 83.5 cm³/mol. The number of benzene rings is 1. The van der Waals surface area contributed by atoms with Crippen molar-refractivity contribution in [2.75, 3.05) is 26.3 Å². The minimum atomic E-state index is -4.72. The lowest BCUT2D eigenvalue weighted by atomic mass is 10.2. The maximum absolute atomic E-state index is 12.1. The Labute approximate surface area is 140 Å². The van der Waals surface area contributed by atoms with Crippen LogP contribution in [0.2, 0.25) is 0 Å². The Bertz CT molecular complexity index is 680. The first-order valence-electron chi connectivity index (χ1n) is 7.12. The van der Waals surface area contributed by atoms with Crippen LogP contribution in [0, 0.1) is 0 Å². The summed E-state index contributed by atoms with van der Waals surface area (Å²) in [6.07, 6.45) is -3.13. The van der Waals surface area contributed by atoms with Gasteiger partial charge < -0.3 is 14.4 Å². The van der Waals surface area contributed by atoms with Crippen LogP contribution in [0.4, 0.5) is 13.2 Å². The Balaban J connectivity index is 1.67. The molecule has 0 saturated carbocycles. The number of nitrogens with zero attached hydrogens (tertiary/aromatic N) is 2. The summed E-state index contributed by atoms with van der Waals surface area (Å²) >= 11 is 1.26. The molecular formula is C15H13F3N2O3S. The number of carbonyl (C=O) groups is 1. The number of amides is 1. The number of morpholine rings is 1. The van der Waals surface area contributed by atoms with Crippen LogP contribution in [0.25, 0.3) is 6.08 Å². The zero-order valence-electron chi connectivity index (χ0n) is 12.4. The molecule has 24 heavy (non-hydrogen) atoms. The van der Waals surface area contributed by atoms with Crippen LogP contribution in [0.3, 0.4) is 0 Å². The Hall–Kier alpha value is -2.00. The molecule has 0 aliphatic carbocycles. The molecule has 1 saturated heterocycles. The largest absolute Gasteiger partial charge is 0.573 e. The van der Waals surface area contributed by atoms with Crippen molar-refractivity contribution >= 4 is 28.9 Å². The highest BCUT2D eigenvalue weighted by Gasteiger charge is 2.31. The van der Waals surface area contributed by atoms with E-state index in [-0.39, 0.29) is 11.7 Å². The highest BCUT2D eigenvalue weighted by atomic mass is 32.2. The fourth-order valence-electron chi connectivity index (χ4n) is 2.20. The molecule has 9 heteroatoms. The molecule has 0 unspecified atom stereocenters. The van der Waals surface area contributed by atoms with E-state index in [9.17, 15) is 18.0 Å². The van der Waals surface area contributed by atoms with E-state index in [1.165, 1.54) is 36.0 Å². The summed E-state index contributed by atoms with van der Waals surface area (Å²) in [5.74, 6) is -0.655. The van der Waals surface area contributed by atoms with Crippen molar-refractivity contribution in [2.24, 2.45) is 4.99 Å². The van der Waals surface area contributed by atoms with Crippen molar-refractivity contribution in [3.63, 3.8) is 0 Å². The first kappa shape index (κ1) is 16.8. The third-order valence-electron chi connectivity index (χ3n) is 3.30. The van der Waals surface area contributed by atoms with Crippen molar-refractivity contribution in [1.82, 2.24) is 4.90 Å². The van der Waals surface area contributed by atoms with Crippen molar-refractivity contribution in [3.8, 4) is 5.75 Å². The van der Waals surface area contributed by atoms with Crippen molar-refractivity contribution in [2.45, 2.75) is 6.36 Å². The SMILES string of the molecule is O=C1N=C(N2CCOCC2)SC1=Cc1ccc(OC(F)(F)F)cc1. The number of alkyl halides is 3. The molecule has 1 aromatic rings. The van der Waals surface area contributed by atoms with Gasteiger partial charge in [-0.3, -0.25) is 4.79 Å². The highest BCUT2D eigenvalue weighted by Crippen LogP contribution is 2.31. The molecule has 0 bridgehead atoms. The summed E-state index contributed by atoms with van der Waals surface area (Å²) in [6, 6.07) is 5.31. The average molecular weight is 358 g/mol. The van der Waals surface area contributed by atoms with Gasteiger partial charge in [0.25, 0.3) is 5.91 Å². The van der Waals surface area contributed by atoms with Gasteiger partial charge in [0.1, 0.15) is 5.75 Å². The first-order chi connectivity index (χ1) is 11.4. The molecule has 5 nitrogen and oxygen atoms in total. The first-order valence-corrected chi connectivity index (χ1v) is 7.93. The molecule has 0 radical (unpaired) electrons.